The molecule has 0 heterocycles. The van der Waals surface area contributed by atoms with Crippen molar-refractivity contribution in [2.45, 2.75) is 64.8 Å². The summed E-state index contributed by atoms with van der Waals surface area (Å²) in [4.78, 5) is 34.9. The number of unbranched alkanes of at least 4 members (excludes halogenated alkanes) is 2. The lowest BCUT2D eigenvalue weighted by Gasteiger charge is -2.17. The van der Waals surface area contributed by atoms with Crippen molar-refractivity contribution >= 4 is 17.6 Å². The van der Waals surface area contributed by atoms with E-state index < -0.39 is 6.04 Å². The molecule has 5 nitrogen and oxygen atoms in total. The molecule has 0 spiro atoms. The molecule has 25 heavy (non-hydrogen) atoms. The Hall–Kier alpha value is -2.17. The lowest BCUT2D eigenvalue weighted by Crippen LogP contribution is -2.46. The largest absolute Gasteiger partial charge is 0.354 e. The zero-order chi connectivity index (χ0) is 18.5. The molecule has 5 heteroatoms. The van der Waals surface area contributed by atoms with E-state index in [1.807, 2.05) is 37.3 Å². The molecule has 0 aliphatic carbocycles. The Morgan fingerprint density at radius 3 is 2.40 bits per heavy atom. The maximum absolute atomic E-state index is 12.3. The van der Waals surface area contributed by atoms with E-state index in [1.54, 1.807) is 0 Å². The minimum Gasteiger partial charge on any atom is -0.354 e. The van der Waals surface area contributed by atoms with Crippen molar-refractivity contribution in [3.05, 3.63) is 35.9 Å². The second-order valence-corrected chi connectivity index (χ2v) is 6.27. The van der Waals surface area contributed by atoms with Gasteiger partial charge in [-0.3, -0.25) is 14.4 Å². The number of ketones is 1. The molecular formula is C20H30N2O3. The van der Waals surface area contributed by atoms with Gasteiger partial charge in [-0.25, -0.2) is 0 Å². The van der Waals surface area contributed by atoms with Crippen LogP contribution in [0.3, 0.4) is 0 Å². The maximum atomic E-state index is 12.3. The normalized spacial score (nSPS) is 11.6. The van der Waals surface area contributed by atoms with Gasteiger partial charge in [0, 0.05) is 26.3 Å². The molecule has 0 saturated carbocycles. The minimum atomic E-state index is -0.504. The van der Waals surface area contributed by atoms with Gasteiger partial charge in [0.05, 0.1) is 0 Å². The highest BCUT2D eigenvalue weighted by molar-refractivity contribution is 5.86. The quantitative estimate of drug-likeness (QED) is 0.572. The van der Waals surface area contributed by atoms with Gasteiger partial charge < -0.3 is 10.6 Å². The summed E-state index contributed by atoms with van der Waals surface area (Å²) in [5.41, 5.74) is 1.17. The number of hydrogen-bond acceptors (Lipinski definition) is 3. The van der Waals surface area contributed by atoms with Gasteiger partial charge in [0.25, 0.3) is 0 Å². The molecule has 1 aromatic rings. The Balaban J connectivity index is 2.33. The SMILES string of the molecule is CCC(=O)CCCCC[C@H](NC(C)=O)C(=O)NCCc1ccccc1. The number of nitrogens with one attached hydrogen (secondary N) is 2. The first-order valence-corrected chi connectivity index (χ1v) is 9.13. The molecular weight excluding hydrogens is 316 g/mol. The summed E-state index contributed by atoms with van der Waals surface area (Å²) in [6.45, 7) is 3.84. The molecule has 1 rings (SSSR count). The highest BCUT2D eigenvalue weighted by atomic mass is 16.2. The van der Waals surface area contributed by atoms with Crippen LogP contribution in [0, 0.1) is 0 Å². The summed E-state index contributed by atoms with van der Waals surface area (Å²) in [6, 6.07) is 9.45. The number of carbonyl (C=O) groups excluding carboxylic acids is 3. The average molecular weight is 346 g/mol. The first kappa shape index (κ1) is 20.9. The summed E-state index contributed by atoms with van der Waals surface area (Å²) in [7, 11) is 0. The van der Waals surface area contributed by atoms with Crippen molar-refractivity contribution in [2.24, 2.45) is 0 Å². The van der Waals surface area contributed by atoms with Crippen LogP contribution >= 0.6 is 0 Å². The molecule has 0 unspecified atom stereocenters. The van der Waals surface area contributed by atoms with E-state index in [9.17, 15) is 14.4 Å². The smallest absolute Gasteiger partial charge is 0.242 e. The predicted octanol–water partition coefficient (Wildman–Crippen LogP) is 2.78. The lowest BCUT2D eigenvalue weighted by atomic mass is 10.0. The van der Waals surface area contributed by atoms with Gasteiger partial charge in [-0.15, -0.1) is 0 Å². The Kier molecular flexibility index (Phi) is 10.2. The van der Waals surface area contributed by atoms with Crippen LogP contribution in [-0.2, 0) is 20.8 Å². The van der Waals surface area contributed by atoms with E-state index in [-0.39, 0.29) is 17.6 Å². The van der Waals surface area contributed by atoms with Gasteiger partial charge in [0.1, 0.15) is 11.8 Å². The van der Waals surface area contributed by atoms with Crippen molar-refractivity contribution in [1.82, 2.24) is 10.6 Å². The molecule has 0 aliphatic heterocycles. The van der Waals surface area contributed by atoms with Gasteiger partial charge in [0.2, 0.25) is 11.8 Å². The Morgan fingerprint density at radius 1 is 1.04 bits per heavy atom. The van der Waals surface area contributed by atoms with E-state index in [1.165, 1.54) is 12.5 Å². The fraction of sp³-hybridized carbons (Fsp3) is 0.550. The van der Waals surface area contributed by atoms with Crippen molar-refractivity contribution in [3.63, 3.8) is 0 Å². The van der Waals surface area contributed by atoms with Crippen LogP contribution in [0.1, 0.15) is 57.9 Å². The average Bonchev–Trinajstić information content (AvgIpc) is 2.60. The van der Waals surface area contributed by atoms with Crippen LogP contribution in [0.4, 0.5) is 0 Å². The molecule has 0 aliphatic rings. The maximum Gasteiger partial charge on any atom is 0.242 e. The lowest BCUT2D eigenvalue weighted by molar-refractivity contribution is -0.128. The van der Waals surface area contributed by atoms with Crippen molar-refractivity contribution < 1.29 is 14.4 Å². The summed E-state index contributed by atoms with van der Waals surface area (Å²) >= 11 is 0. The molecule has 1 aromatic carbocycles. The van der Waals surface area contributed by atoms with Crippen LogP contribution in [0.15, 0.2) is 30.3 Å². The molecule has 138 valence electrons. The van der Waals surface area contributed by atoms with Gasteiger partial charge in [-0.2, -0.15) is 0 Å². The van der Waals surface area contributed by atoms with E-state index in [4.69, 9.17) is 0 Å². The topological polar surface area (TPSA) is 75.3 Å². The van der Waals surface area contributed by atoms with E-state index >= 15 is 0 Å². The third-order valence-corrected chi connectivity index (χ3v) is 4.09. The molecule has 2 amide bonds. The van der Waals surface area contributed by atoms with E-state index in [0.29, 0.717) is 25.8 Å². The summed E-state index contributed by atoms with van der Waals surface area (Å²) in [5, 5.41) is 5.62. The molecule has 0 bridgehead atoms. The Bertz CT molecular complexity index is 543. The van der Waals surface area contributed by atoms with Gasteiger partial charge in [-0.05, 0) is 24.8 Å². The molecule has 0 radical (unpaired) electrons. The Labute approximate surface area is 150 Å². The molecule has 0 fully saturated rings. The number of amides is 2. The number of carbonyl (C=O) groups is 3. The first-order chi connectivity index (χ1) is 12.0. The number of benzene rings is 1. The molecule has 1 atom stereocenters. The van der Waals surface area contributed by atoms with Gasteiger partial charge >= 0.3 is 0 Å². The van der Waals surface area contributed by atoms with Crippen LogP contribution in [0.5, 0.6) is 0 Å². The van der Waals surface area contributed by atoms with Crippen LogP contribution in [0.2, 0.25) is 0 Å². The fourth-order valence-electron chi connectivity index (χ4n) is 2.64. The Morgan fingerprint density at radius 2 is 1.76 bits per heavy atom. The standard InChI is InChI=1S/C20H30N2O3/c1-3-18(24)12-8-5-9-13-19(22-16(2)23)20(25)21-15-14-17-10-6-4-7-11-17/h4,6-7,10-11,19H,3,5,8-9,12-15H2,1-2H3,(H,21,25)(H,22,23)/t19-/m0/s1. The number of Topliss-reactive ketones (excluding diaryl/α,β-unsaturated/α-hetero) is 1. The summed E-state index contributed by atoms with van der Waals surface area (Å²) < 4.78 is 0. The predicted molar refractivity (Wildman–Crippen MR) is 99.1 cm³/mol. The molecule has 2 N–H and O–H groups in total. The second kappa shape index (κ2) is 12.2. The highest BCUT2D eigenvalue weighted by Crippen LogP contribution is 2.08. The zero-order valence-corrected chi connectivity index (χ0v) is 15.3. The van der Waals surface area contributed by atoms with Crippen LogP contribution in [-0.4, -0.2) is 30.2 Å². The highest BCUT2D eigenvalue weighted by Gasteiger charge is 2.18. The fourth-order valence-corrected chi connectivity index (χ4v) is 2.64. The van der Waals surface area contributed by atoms with Crippen LogP contribution < -0.4 is 10.6 Å². The molecule has 0 aromatic heterocycles. The number of hydrogen-bond donors (Lipinski definition) is 2. The van der Waals surface area contributed by atoms with E-state index in [0.717, 1.165) is 25.7 Å². The monoisotopic (exact) mass is 346 g/mol. The third kappa shape index (κ3) is 9.65. The first-order valence-electron chi connectivity index (χ1n) is 9.13. The third-order valence-electron chi connectivity index (χ3n) is 4.09. The summed E-state index contributed by atoms with van der Waals surface area (Å²) in [6.07, 6.45) is 5.08. The van der Waals surface area contributed by atoms with E-state index in [2.05, 4.69) is 10.6 Å². The van der Waals surface area contributed by atoms with Crippen LogP contribution in [0.25, 0.3) is 0 Å². The minimum absolute atomic E-state index is 0.143. The van der Waals surface area contributed by atoms with Crippen molar-refractivity contribution in [2.75, 3.05) is 6.54 Å². The van der Waals surface area contributed by atoms with Crippen molar-refractivity contribution in [3.8, 4) is 0 Å². The zero-order valence-electron chi connectivity index (χ0n) is 15.3. The molecule has 0 saturated heterocycles. The summed E-state index contributed by atoms with van der Waals surface area (Å²) in [5.74, 6) is -0.0720. The van der Waals surface area contributed by atoms with Gasteiger partial charge in [-0.1, -0.05) is 50.1 Å². The number of rotatable bonds is 12. The second-order valence-electron chi connectivity index (χ2n) is 6.27. The van der Waals surface area contributed by atoms with Gasteiger partial charge in [0.15, 0.2) is 0 Å². The van der Waals surface area contributed by atoms with Crippen molar-refractivity contribution in [1.29, 1.82) is 0 Å².